The van der Waals surface area contributed by atoms with E-state index in [4.69, 9.17) is 0 Å². The van der Waals surface area contributed by atoms with Crippen LogP contribution < -0.4 is 5.32 Å². The Morgan fingerprint density at radius 2 is 2.35 bits per heavy atom. The van der Waals surface area contributed by atoms with E-state index in [1.54, 1.807) is 29.3 Å². The molecule has 106 valence electrons. The summed E-state index contributed by atoms with van der Waals surface area (Å²) in [5.41, 5.74) is 0. The van der Waals surface area contributed by atoms with Crippen molar-refractivity contribution in [3.8, 4) is 5.82 Å². The molecule has 2 rings (SSSR count). The maximum Gasteiger partial charge on any atom is 0.326 e. The fraction of sp³-hybridized carbons (Fsp3) is 0.385. The third-order valence-electron chi connectivity index (χ3n) is 2.83. The van der Waals surface area contributed by atoms with E-state index >= 15 is 0 Å². The Bertz CT molecular complexity index is 556. The van der Waals surface area contributed by atoms with Crippen LogP contribution in [0.4, 0.5) is 5.82 Å². The second-order valence-electron chi connectivity index (χ2n) is 4.39. The Labute approximate surface area is 116 Å². The zero-order valence-corrected chi connectivity index (χ0v) is 11.2. The van der Waals surface area contributed by atoms with Crippen LogP contribution in [0.25, 0.3) is 5.82 Å². The lowest BCUT2D eigenvalue weighted by atomic mass is 10.1. The van der Waals surface area contributed by atoms with E-state index in [1.165, 1.54) is 6.20 Å². The molecule has 0 saturated carbocycles. The van der Waals surface area contributed by atoms with Crippen molar-refractivity contribution in [2.75, 3.05) is 5.32 Å². The van der Waals surface area contributed by atoms with Crippen molar-refractivity contribution in [3.63, 3.8) is 0 Å². The highest BCUT2D eigenvalue weighted by molar-refractivity contribution is 5.76. The van der Waals surface area contributed by atoms with Gasteiger partial charge in [0.1, 0.15) is 11.9 Å². The molecule has 0 amide bonds. The fourth-order valence-corrected chi connectivity index (χ4v) is 1.78. The van der Waals surface area contributed by atoms with Crippen LogP contribution in [0, 0.1) is 0 Å². The van der Waals surface area contributed by atoms with Gasteiger partial charge in [0, 0.05) is 12.4 Å². The molecule has 20 heavy (non-hydrogen) atoms. The first-order valence-corrected chi connectivity index (χ1v) is 6.52. The van der Waals surface area contributed by atoms with Gasteiger partial charge in [0.05, 0.1) is 12.4 Å². The van der Waals surface area contributed by atoms with Crippen molar-refractivity contribution in [3.05, 3.63) is 30.9 Å². The zero-order valence-electron chi connectivity index (χ0n) is 11.2. The molecule has 0 aliphatic heterocycles. The number of aromatic nitrogens is 4. The van der Waals surface area contributed by atoms with Crippen LogP contribution in [-0.2, 0) is 4.79 Å². The molecule has 2 N–H and O–H groups in total. The molecule has 1 unspecified atom stereocenters. The first-order chi connectivity index (χ1) is 9.70. The lowest BCUT2D eigenvalue weighted by Gasteiger charge is -2.14. The molecule has 0 aliphatic carbocycles. The van der Waals surface area contributed by atoms with Gasteiger partial charge in [-0.15, -0.1) is 0 Å². The third-order valence-corrected chi connectivity index (χ3v) is 2.83. The summed E-state index contributed by atoms with van der Waals surface area (Å²) < 4.78 is 1.57. The molecule has 0 radical (unpaired) electrons. The maximum absolute atomic E-state index is 11.2. The van der Waals surface area contributed by atoms with Gasteiger partial charge in [0.2, 0.25) is 0 Å². The Morgan fingerprint density at radius 3 is 3.00 bits per heavy atom. The van der Waals surface area contributed by atoms with Gasteiger partial charge in [0.15, 0.2) is 5.82 Å². The topological polar surface area (TPSA) is 92.9 Å². The normalized spacial score (nSPS) is 12.1. The highest BCUT2D eigenvalue weighted by Crippen LogP contribution is 2.10. The van der Waals surface area contributed by atoms with E-state index in [-0.39, 0.29) is 0 Å². The van der Waals surface area contributed by atoms with Gasteiger partial charge in [-0.05, 0) is 12.5 Å². The first kappa shape index (κ1) is 14.0. The van der Waals surface area contributed by atoms with Crippen LogP contribution in [0.3, 0.4) is 0 Å². The summed E-state index contributed by atoms with van der Waals surface area (Å²) in [6, 6.07) is 1.13. The van der Waals surface area contributed by atoms with Crippen molar-refractivity contribution in [2.45, 2.75) is 32.2 Å². The molecule has 0 bridgehead atoms. The molecule has 2 aromatic heterocycles. The molecule has 7 heteroatoms. The number of carboxylic acid groups (broad SMARTS) is 1. The van der Waals surface area contributed by atoms with Gasteiger partial charge in [-0.2, -0.15) is 5.10 Å². The lowest BCUT2D eigenvalue weighted by Crippen LogP contribution is -2.29. The summed E-state index contributed by atoms with van der Waals surface area (Å²) in [5, 5.41) is 16.1. The van der Waals surface area contributed by atoms with E-state index in [1.807, 2.05) is 6.92 Å². The Hall–Kier alpha value is -2.44. The Balaban J connectivity index is 2.12. The van der Waals surface area contributed by atoms with Crippen LogP contribution in [0.1, 0.15) is 26.2 Å². The van der Waals surface area contributed by atoms with Crippen molar-refractivity contribution in [1.82, 2.24) is 19.7 Å². The van der Waals surface area contributed by atoms with E-state index in [2.05, 4.69) is 20.4 Å². The summed E-state index contributed by atoms with van der Waals surface area (Å²) in [6.45, 7) is 2.02. The molecule has 0 fully saturated rings. The minimum absolute atomic E-state index is 0.432. The number of unbranched alkanes of at least 4 members (excludes halogenated alkanes) is 1. The van der Waals surface area contributed by atoms with Crippen LogP contribution in [0.15, 0.2) is 30.9 Å². The minimum atomic E-state index is -0.884. The average molecular weight is 275 g/mol. The highest BCUT2D eigenvalue weighted by Gasteiger charge is 2.17. The van der Waals surface area contributed by atoms with E-state index in [0.717, 1.165) is 12.8 Å². The van der Waals surface area contributed by atoms with Crippen LogP contribution >= 0.6 is 0 Å². The number of nitrogens with zero attached hydrogens (tertiary/aromatic N) is 4. The third kappa shape index (κ3) is 3.53. The van der Waals surface area contributed by atoms with Crippen LogP contribution in [0.2, 0.25) is 0 Å². The number of nitrogens with one attached hydrogen (secondary N) is 1. The van der Waals surface area contributed by atoms with E-state index in [9.17, 15) is 9.90 Å². The smallest absolute Gasteiger partial charge is 0.326 e. The van der Waals surface area contributed by atoms with Crippen molar-refractivity contribution in [1.29, 1.82) is 0 Å². The molecule has 0 aromatic carbocycles. The van der Waals surface area contributed by atoms with Crippen LogP contribution in [0.5, 0.6) is 0 Å². The van der Waals surface area contributed by atoms with Gasteiger partial charge in [0.25, 0.3) is 0 Å². The summed E-state index contributed by atoms with van der Waals surface area (Å²) in [5.74, 6) is 0.0888. The quantitative estimate of drug-likeness (QED) is 0.799. The molecule has 0 aliphatic rings. The molecule has 7 nitrogen and oxygen atoms in total. The number of rotatable bonds is 7. The Morgan fingerprint density at radius 1 is 1.50 bits per heavy atom. The second kappa shape index (κ2) is 6.65. The molecule has 2 heterocycles. The highest BCUT2D eigenvalue weighted by atomic mass is 16.4. The average Bonchev–Trinajstić information content (AvgIpc) is 2.97. The Kier molecular flexibility index (Phi) is 4.65. The molecular weight excluding hydrogens is 258 g/mol. The number of hydrogen-bond donors (Lipinski definition) is 2. The number of aliphatic carboxylic acids is 1. The molecule has 0 saturated heterocycles. The molecule has 1 atom stereocenters. The maximum atomic E-state index is 11.2. The SMILES string of the molecule is CCCCC(Nc1cncc(-n2cccn2)n1)C(=O)O. The molecule has 2 aromatic rings. The molecular formula is C13H17N5O2. The van der Waals surface area contributed by atoms with Crippen molar-refractivity contribution < 1.29 is 9.90 Å². The summed E-state index contributed by atoms with van der Waals surface area (Å²) in [7, 11) is 0. The van der Waals surface area contributed by atoms with Crippen molar-refractivity contribution >= 4 is 11.8 Å². The zero-order chi connectivity index (χ0) is 14.4. The molecule has 0 spiro atoms. The number of hydrogen-bond acceptors (Lipinski definition) is 5. The number of carboxylic acids is 1. The van der Waals surface area contributed by atoms with Gasteiger partial charge in [-0.3, -0.25) is 4.98 Å². The number of anilines is 1. The second-order valence-corrected chi connectivity index (χ2v) is 4.39. The van der Waals surface area contributed by atoms with E-state index < -0.39 is 12.0 Å². The van der Waals surface area contributed by atoms with Gasteiger partial charge in [-0.1, -0.05) is 19.8 Å². The monoisotopic (exact) mass is 275 g/mol. The summed E-state index contributed by atoms with van der Waals surface area (Å²) >= 11 is 0. The summed E-state index contributed by atoms with van der Waals surface area (Å²) in [4.78, 5) is 19.6. The standard InChI is InChI=1S/C13H17N5O2/c1-2-3-5-10(13(19)20)16-11-8-14-9-12(17-11)18-7-4-6-15-18/h4,6-10H,2-3,5H2,1H3,(H,16,17)(H,19,20). The van der Waals surface area contributed by atoms with Gasteiger partial charge < -0.3 is 10.4 Å². The fourth-order valence-electron chi connectivity index (χ4n) is 1.78. The van der Waals surface area contributed by atoms with Gasteiger partial charge in [-0.25, -0.2) is 14.5 Å². The minimum Gasteiger partial charge on any atom is -0.480 e. The predicted octanol–water partition coefficient (Wildman–Crippen LogP) is 1.72. The van der Waals surface area contributed by atoms with Crippen molar-refractivity contribution in [2.24, 2.45) is 0 Å². The first-order valence-electron chi connectivity index (χ1n) is 6.52. The lowest BCUT2D eigenvalue weighted by molar-refractivity contribution is -0.138. The van der Waals surface area contributed by atoms with Crippen LogP contribution in [-0.4, -0.2) is 36.9 Å². The largest absolute Gasteiger partial charge is 0.480 e. The number of carbonyl (C=O) groups is 1. The van der Waals surface area contributed by atoms with E-state index in [0.29, 0.717) is 18.1 Å². The van der Waals surface area contributed by atoms with Gasteiger partial charge >= 0.3 is 5.97 Å². The predicted molar refractivity (Wildman–Crippen MR) is 73.7 cm³/mol. The summed E-state index contributed by atoms with van der Waals surface area (Å²) in [6.07, 6.45) is 8.82.